The first kappa shape index (κ1) is 36.7. The first-order valence-corrected chi connectivity index (χ1v) is 16.7. The molecule has 0 atom stereocenters. The van der Waals surface area contributed by atoms with Gasteiger partial charge in [-0.2, -0.15) is 0 Å². The average molecular weight is 537 g/mol. The van der Waals surface area contributed by atoms with Gasteiger partial charge in [-0.25, -0.2) is 0 Å². The molecule has 0 aliphatic heterocycles. The normalized spacial score (nSPS) is 11.3. The summed E-state index contributed by atoms with van der Waals surface area (Å²) in [6, 6.07) is 0. The molecule has 0 aliphatic rings. The number of hydrogen-bond donors (Lipinski definition) is 0. The van der Waals surface area contributed by atoms with Crippen LogP contribution in [0, 0.1) is 0 Å². The lowest BCUT2D eigenvalue weighted by Crippen LogP contribution is -2.05. The van der Waals surface area contributed by atoms with E-state index < -0.39 is 0 Å². The summed E-state index contributed by atoms with van der Waals surface area (Å²) in [5.41, 5.74) is 0. The summed E-state index contributed by atoms with van der Waals surface area (Å²) in [7, 11) is 0. The summed E-state index contributed by atoms with van der Waals surface area (Å²) in [5.74, 6) is -0.130. The van der Waals surface area contributed by atoms with Gasteiger partial charge in [-0.3, -0.25) is 9.59 Å². The molecule has 0 fully saturated rings. The molecule has 224 valence electrons. The van der Waals surface area contributed by atoms with E-state index in [4.69, 9.17) is 9.47 Å². The molecule has 0 heterocycles. The van der Waals surface area contributed by atoms with Gasteiger partial charge in [0.2, 0.25) is 0 Å². The van der Waals surface area contributed by atoms with Gasteiger partial charge in [0.25, 0.3) is 0 Å². The molecule has 38 heavy (non-hydrogen) atoms. The Balaban J connectivity index is 3.31. The van der Waals surface area contributed by atoms with Gasteiger partial charge in [0.15, 0.2) is 0 Å². The van der Waals surface area contributed by atoms with Gasteiger partial charge in [0, 0.05) is 12.8 Å². The van der Waals surface area contributed by atoms with Gasteiger partial charge in [-0.05, 0) is 32.1 Å². The van der Waals surface area contributed by atoms with Crippen LogP contribution in [0.15, 0.2) is 12.2 Å². The maximum Gasteiger partial charge on any atom is 0.306 e. The maximum atomic E-state index is 11.8. The molecule has 0 aromatic heterocycles. The first-order valence-electron chi connectivity index (χ1n) is 16.7. The second-order valence-corrected chi connectivity index (χ2v) is 11.1. The van der Waals surface area contributed by atoms with Crippen LogP contribution in [0.25, 0.3) is 0 Å². The van der Waals surface area contributed by atoms with Crippen LogP contribution in [-0.2, 0) is 19.1 Å². The highest BCUT2D eigenvalue weighted by Crippen LogP contribution is 2.12. The largest absolute Gasteiger partial charge is 0.466 e. The van der Waals surface area contributed by atoms with Crippen molar-refractivity contribution in [2.24, 2.45) is 0 Å². The fraction of sp³-hybridized carbons (Fsp3) is 0.882. The Morgan fingerprint density at radius 3 is 1.34 bits per heavy atom. The topological polar surface area (TPSA) is 52.6 Å². The standard InChI is InChI=1S/C34H64O4/c1-3-5-7-9-11-13-14-15-16-20-24-28-32-38-34(36)30-26-22-18-17-21-25-29-33(35)37-31-27-23-19-12-10-8-6-4-2/h24,28H,3-23,25-27,29-32H2,1-2H3/b28-24+. The van der Waals surface area contributed by atoms with E-state index >= 15 is 0 Å². The Morgan fingerprint density at radius 1 is 0.447 bits per heavy atom. The Hall–Kier alpha value is -1.32. The number of rotatable bonds is 30. The number of allylic oxidation sites excluding steroid dienone is 1. The van der Waals surface area contributed by atoms with Crippen LogP contribution < -0.4 is 0 Å². The maximum absolute atomic E-state index is 11.8. The lowest BCUT2D eigenvalue weighted by atomic mass is 10.1. The molecule has 0 aliphatic carbocycles. The molecule has 0 unspecified atom stereocenters. The van der Waals surface area contributed by atoms with Crippen LogP contribution in [0.5, 0.6) is 0 Å². The molecule has 0 radical (unpaired) electrons. The number of ether oxygens (including phenoxy) is 2. The summed E-state index contributed by atoms with van der Waals surface area (Å²) in [6.07, 6.45) is 34.6. The Labute approximate surface area is 237 Å². The van der Waals surface area contributed by atoms with Gasteiger partial charge in [-0.15, -0.1) is 0 Å². The van der Waals surface area contributed by atoms with Crippen molar-refractivity contribution in [1.29, 1.82) is 0 Å². The van der Waals surface area contributed by atoms with Crippen molar-refractivity contribution in [3.8, 4) is 0 Å². The molecule has 0 saturated carbocycles. The van der Waals surface area contributed by atoms with E-state index in [9.17, 15) is 9.59 Å². The third kappa shape index (κ3) is 30.9. The van der Waals surface area contributed by atoms with E-state index in [1.54, 1.807) is 0 Å². The fourth-order valence-electron chi connectivity index (χ4n) is 4.71. The van der Waals surface area contributed by atoms with Crippen LogP contribution in [0.3, 0.4) is 0 Å². The molecule has 0 aromatic carbocycles. The molecular formula is C34H64O4. The first-order chi connectivity index (χ1) is 18.7. The van der Waals surface area contributed by atoms with Crippen LogP contribution >= 0.6 is 0 Å². The van der Waals surface area contributed by atoms with E-state index in [0.717, 1.165) is 51.4 Å². The number of unbranched alkanes of at least 4 members (excludes halogenated alkanes) is 21. The molecule has 4 heteroatoms. The smallest absolute Gasteiger partial charge is 0.306 e. The molecule has 0 bridgehead atoms. The molecule has 0 amide bonds. The molecule has 0 aromatic rings. The molecule has 0 saturated heterocycles. The van der Waals surface area contributed by atoms with E-state index in [1.807, 2.05) is 6.08 Å². The van der Waals surface area contributed by atoms with Crippen molar-refractivity contribution in [3.63, 3.8) is 0 Å². The van der Waals surface area contributed by atoms with Crippen molar-refractivity contribution < 1.29 is 19.1 Å². The van der Waals surface area contributed by atoms with Crippen molar-refractivity contribution in [1.82, 2.24) is 0 Å². The van der Waals surface area contributed by atoms with Crippen LogP contribution in [0.2, 0.25) is 0 Å². The summed E-state index contributed by atoms with van der Waals surface area (Å²) in [5, 5.41) is 0. The van der Waals surface area contributed by atoms with E-state index in [2.05, 4.69) is 19.9 Å². The second-order valence-electron chi connectivity index (χ2n) is 11.1. The van der Waals surface area contributed by atoms with Gasteiger partial charge in [0.05, 0.1) is 6.61 Å². The molecular weight excluding hydrogens is 472 g/mol. The Morgan fingerprint density at radius 2 is 0.842 bits per heavy atom. The Bertz CT molecular complexity index is 529. The van der Waals surface area contributed by atoms with Gasteiger partial charge < -0.3 is 9.47 Å². The second kappa shape index (κ2) is 31.9. The Kier molecular flexibility index (Phi) is 30.8. The summed E-state index contributed by atoms with van der Waals surface area (Å²) in [6.45, 7) is 5.50. The lowest BCUT2D eigenvalue weighted by molar-refractivity contribution is -0.144. The highest BCUT2D eigenvalue weighted by Gasteiger charge is 2.04. The van der Waals surface area contributed by atoms with Crippen LogP contribution in [0.1, 0.15) is 181 Å². The summed E-state index contributed by atoms with van der Waals surface area (Å²) in [4.78, 5) is 23.7. The van der Waals surface area contributed by atoms with Crippen molar-refractivity contribution >= 4 is 11.9 Å². The molecule has 0 N–H and O–H groups in total. The predicted molar refractivity (Wildman–Crippen MR) is 162 cm³/mol. The molecule has 0 spiro atoms. The number of esters is 2. The van der Waals surface area contributed by atoms with Crippen LogP contribution in [-0.4, -0.2) is 25.2 Å². The SMILES string of the molecule is CCCCCCCCCCC/C=C/COC(=O)CCCCCCCCC(=O)OCCCCCCCCCC. The average Bonchev–Trinajstić information content (AvgIpc) is 2.91. The van der Waals surface area contributed by atoms with Crippen molar-refractivity contribution in [3.05, 3.63) is 12.2 Å². The zero-order valence-electron chi connectivity index (χ0n) is 25.6. The minimum Gasteiger partial charge on any atom is -0.466 e. The summed E-state index contributed by atoms with van der Waals surface area (Å²) >= 11 is 0. The van der Waals surface area contributed by atoms with Gasteiger partial charge in [0.1, 0.15) is 6.61 Å². The number of carbonyl (C=O) groups excluding carboxylic acids is 2. The number of carbonyl (C=O) groups is 2. The van der Waals surface area contributed by atoms with E-state index in [0.29, 0.717) is 26.1 Å². The third-order valence-corrected chi connectivity index (χ3v) is 7.25. The van der Waals surface area contributed by atoms with E-state index in [-0.39, 0.29) is 11.9 Å². The fourth-order valence-corrected chi connectivity index (χ4v) is 4.71. The minimum absolute atomic E-state index is 0.0436. The quantitative estimate of drug-likeness (QED) is 0.0520. The van der Waals surface area contributed by atoms with Gasteiger partial charge in [-0.1, -0.05) is 148 Å². The zero-order chi connectivity index (χ0) is 27.8. The highest BCUT2D eigenvalue weighted by atomic mass is 16.5. The molecule has 4 nitrogen and oxygen atoms in total. The highest BCUT2D eigenvalue weighted by molar-refractivity contribution is 5.69. The van der Waals surface area contributed by atoms with Crippen molar-refractivity contribution in [2.45, 2.75) is 181 Å². The predicted octanol–water partition coefficient (Wildman–Crippen LogP) is 10.8. The zero-order valence-corrected chi connectivity index (χ0v) is 25.6. The number of hydrogen-bond acceptors (Lipinski definition) is 4. The third-order valence-electron chi connectivity index (χ3n) is 7.25. The van der Waals surface area contributed by atoms with Crippen molar-refractivity contribution in [2.75, 3.05) is 13.2 Å². The van der Waals surface area contributed by atoms with Crippen LogP contribution in [0.4, 0.5) is 0 Å². The molecule has 0 rings (SSSR count). The minimum atomic E-state index is -0.0861. The van der Waals surface area contributed by atoms with E-state index in [1.165, 1.54) is 103 Å². The monoisotopic (exact) mass is 536 g/mol. The lowest BCUT2D eigenvalue weighted by Gasteiger charge is -2.05. The summed E-state index contributed by atoms with van der Waals surface area (Å²) < 4.78 is 10.7. The van der Waals surface area contributed by atoms with Gasteiger partial charge >= 0.3 is 11.9 Å².